The van der Waals surface area contributed by atoms with Gasteiger partial charge in [0.05, 0.1) is 17.6 Å². The Bertz CT molecular complexity index is 1280. The molecule has 4 aromatic rings. The van der Waals surface area contributed by atoms with Crippen molar-refractivity contribution in [1.82, 2.24) is 19.2 Å². The Balaban J connectivity index is 1.64. The van der Waals surface area contributed by atoms with Crippen LogP contribution in [0.25, 0.3) is 16.6 Å². The molecule has 0 unspecified atom stereocenters. The molecule has 0 aliphatic heterocycles. The fraction of sp³-hybridized carbons (Fsp3) is 0.158. The van der Waals surface area contributed by atoms with Crippen LogP contribution in [0.15, 0.2) is 47.5 Å². The molecule has 1 N–H and O–H groups in total. The highest BCUT2D eigenvalue weighted by molar-refractivity contribution is 6.32. The van der Waals surface area contributed by atoms with E-state index in [0.717, 1.165) is 21.1 Å². The number of hydrogen-bond donors (Lipinski definition) is 1. The van der Waals surface area contributed by atoms with Gasteiger partial charge < -0.3 is 10.1 Å². The normalized spacial score (nSPS) is 11.1. The Kier molecular flexibility index (Phi) is 4.48. The number of nitrogens with zero attached hydrogens (tertiary/aromatic N) is 4. The van der Waals surface area contributed by atoms with Gasteiger partial charge in [0.15, 0.2) is 5.65 Å². The molecule has 8 nitrogen and oxygen atoms in total. The summed E-state index contributed by atoms with van der Waals surface area (Å²) in [4.78, 5) is 29.3. The lowest BCUT2D eigenvalue weighted by molar-refractivity contribution is -0.117. The standard InChI is InChI=1S/C19H16ClN5O3/c1-11-3-5-15-13(7-11)18-23-25(19(27)24(18)10-21-15)9-17(26)22-12-4-6-16(28-2)14(20)8-12/h3-8,10H,9H2,1-2H3,(H,22,26). The highest BCUT2D eigenvalue weighted by Gasteiger charge is 2.14. The van der Waals surface area contributed by atoms with Crippen LogP contribution in [0.2, 0.25) is 5.02 Å². The first-order chi connectivity index (χ1) is 13.5. The maximum atomic E-state index is 12.6. The van der Waals surface area contributed by atoms with Crippen molar-refractivity contribution in [1.29, 1.82) is 0 Å². The minimum atomic E-state index is -0.436. The van der Waals surface area contributed by atoms with Gasteiger partial charge in [-0.25, -0.2) is 18.9 Å². The van der Waals surface area contributed by atoms with Gasteiger partial charge in [-0.2, -0.15) is 0 Å². The summed E-state index contributed by atoms with van der Waals surface area (Å²) in [7, 11) is 1.51. The maximum Gasteiger partial charge on any atom is 0.352 e. The first-order valence-corrected chi connectivity index (χ1v) is 8.82. The van der Waals surface area contributed by atoms with E-state index >= 15 is 0 Å². The maximum absolute atomic E-state index is 12.6. The summed E-state index contributed by atoms with van der Waals surface area (Å²) in [5.41, 5.74) is 2.27. The zero-order chi connectivity index (χ0) is 19.8. The number of methoxy groups -OCH3 is 1. The van der Waals surface area contributed by atoms with Crippen molar-refractivity contribution in [2.75, 3.05) is 12.4 Å². The molecule has 9 heteroatoms. The first-order valence-electron chi connectivity index (χ1n) is 8.44. The van der Waals surface area contributed by atoms with E-state index in [4.69, 9.17) is 16.3 Å². The molecule has 0 radical (unpaired) electrons. The number of aryl methyl sites for hydroxylation is 1. The Morgan fingerprint density at radius 3 is 2.82 bits per heavy atom. The smallest absolute Gasteiger partial charge is 0.352 e. The fourth-order valence-corrected chi connectivity index (χ4v) is 3.21. The molecule has 0 aliphatic carbocycles. The summed E-state index contributed by atoms with van der Waals surface area (Å²) < 4.78 is 7.53. The summed E-state index contributed by atoms with van der Waals surface area (Å²) in [5, 5.41) is 8.15. The lowest BCUT2D eigenvalue weighted by Gasteiger charge is -2.07. The number of anilines is 1. The number of halogens is 1. The van der Waals surface area contributed by atoms with Crippen molar-refractivity contribution in [3.63, 3.8) is 0 Å². The Labute approximate surface area is 164 Å². The topological polar surface area (TPSA) is 90.5 Å². The molecule has 0 aliphatic rings. The van der Waals surface area contributed by atoms with Gasteiger partial charge in [-0.3, -0.25) is 4.79 Å². The van der Waals surface area contributed by atoms with Crippen LogP contribution < -0.4 is 15.7 Å². The van der Waals surface area contributed by atoms with Crippen LogP contribution in [0.3, 0.4) is 0 Å². The van der Waals surface area contributed by atoms with Crippen LogP contribution in [0.5, 0.6) is 5.75 Å². The number of nitrogens with one attached hydrogen (secondary N) is 1. The van der Waals surface area contributed by atoms with Gasteiger partial charge in [-0.15, -0.1) is 5.10 Å². The highest BCUT2D eigenvalue weighted by Crippen LogP contribution is 2.27. The van der Waals surface area contributed by atoms with E-state index in [2.05, 4.69) is 15.4 Å². The molecule has 1 amide bonds. The average molecular weight is 398 g/mol. The van der Waals surface area contributed by atoms with Crippen LogP contribution in [-0.2, 0) is 11.3 Å². The second kappa shape index (κ2) is 6.97. The summed E-state index contributed by atoms with van der Waals surface area (Å²) in [6, 6.07) is 10.6. The van der Waals surface area contributed by atoms with E-state index in [0.29, 0.717) is 22.1 Å². The van der Waals surface area contributed by atoms with Crippen molar-refractivity contribution in [3.8, 4) is 5.75 Å². The van der Waals surface area contributed by atoms with E-state index < -0.39 is 11.6 Å². The quantitative estimate of drug-likeness (QED) is 0.571. The van der Waals surface area contributed by atoms with E-state index in [1.807, 2.05) is 25.1 Å². The third kappa shape index (κ3) is 3.18. The van der Waals surface area contributed by atoms with Gasteiger partial charge >= 0.3 is 5.69 Å². The number of rotatable bonds is 4. The predicted molar refractivity (Wildman–Crippen MR) is 106 cm³/mol. The molecule has 28 heavy (non-hydrogen) atoms. The van der Waals surface area contributed by atoms with E-state index in [9.17, 15) is 9.59 Å². The minimum Gasteiger partial charge on any atom is -0.495 e. The van der Waals surface area contributed by atoms with Crippen LogP contribution in [0, 0.1) is 6.92 Å². The number of fused-ring (bicyclic) bond motifs is 3. The second-order valence-electron chi connectivity index (χ2n) is 6.30. The van der Waals surface area contributed by atoms with Crippen molar-refractivity contribution in [2.24, 2.45) is 0 Å². The molecule has 0 bridgehead atoms. The van der Waals surface area contributed by atoms with Crippen molar-refractivity contribution in [3.05, 3.63) is 63.8 Å². The van der Waals surface area contributed by atoms with Crippen molar-refractivity contribution < 1.29 is 9.53 Å². The highest BCUT2D eigenvalue weighted by atomic mass is 35.5. The molecule has 142 valence electrons. The van der Waals surface area contributed by atoms with Crippen LogP contribution >= 0.6 is 11.6 Å². The zero-order valence-electron chi connectivity index (χ0n) is 15.1. The van der Waals surface area contributed by atoms with Gasteiger partial charge in [0.2, 0.25) is 5.91 Å². The molecular weight excluding hydrogens is 382 g/mol. The lowest BCUT2D eigenvalue weighted by Crippen LogP contribution is -2.28. The number of carbonyl (C=O) groups is 1. The number of amides is 1. The Hall–Kier alpha value is -3.39. The molecule has 0 spiro atoms. The summed E-state index contributed by atoms with van der Waals surface area (Å²) in [5.74, 6) is 0.103. The second-order valence-corrected chi connectivity index (χ2v) is 6.70. The molecule has 2 aromatic heterocycles. The van der Waals surface area contributed by atoms with E-state index in [-0.39, 0.29) is 6.54 Å². The number of benzene rings is 2. The van der Waals surface area contributed by atoms with Gasteiger partial charge in [0.1, 0.15) is 18.6 Å². The lowest BCUT2D eigenvalue weighted by atomic mass is 10.2. The van der Waals surface area contributed by atoms with Gasteiger partial charge in [-0.05, 0) is 37.3 Å². The molecule has 2 aromatic carbocycles. The number of carbonyl (C=O) groups excluding carboxylic acids is 1. The minimum absolute atomic E-state index is 0.239. The Morgan fingerprint density at radius 1 is 1.25 bits per heavy atom. The molecule has 0 fully saturated rings. The van der Waals surface area contributed by atoms with E-state index in [1.54, 1.807) is 18.2 Å². The van der Waals surface area contributed by atoms with Gasteiger partial charge in [0.25, 0.3) is 0 Å². The number of ether oxygens (including phenoxy) is 1. The Morgan fingerprint density at radius 2 is 2.07 bits per heavy atom. The molecule has 0 saturated heterocycles. The first kappa shape index (κ1) is 18.0. The summed E-state index contributed by atoms with van der Waals surface area (Å²) in [6.45, 7) is 1.71. The SMILES string of the molecule is COc1ccc(NC(=O)Cn2nc3c4cc(C)ccc4ncn3c2=O)cc1Cl. The molecular formula is C19H16ClN5O3. The molecule has 2 heterocycles. The van der Waals surface area contributed by atoms with Crippen molar-refractivity contribution >= 4 is 39.7 Å². The monoisotopic (exact) mass is 397 g/mol. The zero-order valence-corrected chi connectivity index (χ0v) is 15.9. The molecule has 0 saturated carbocycles. The largest absolute Gasteiger partial charge is 0.495 e. The van der Waals surface area contributed by atoms with Crippen molar-refractivity contribution in [2.45, 2.75) is 13.5 Å². The number of aromatic nitrogens is 4. The van der Waals surface area contributed by atoms with Crippen LogP contribution in [-0.4, -0.2) is 32.2 Å². The fourth-order valence-electron chi connectivity index (χ4n) is 2.95. The average Bonchev–Trinajstić information content (AvgIpc) is 2.98. The summed E-state index contributed by atoms with van der Waals surface area (Å²) in [6.07, 6.45) is 1.42. The van der Waals surface area contributed by atoms with Gasteiger partial charge in [-0.1, -0.05) is 23.2 Å². The third-order valence-corrected chi connectivity index (χ3v) is 4.60. The van der Waals surface area contributed by atoms with Crippen LogP contribution in [0.4, 0.5) is 5.69 Å². The molecule has 4 rings (SSSR count). The molecule has 0 atom stereocenters. The number of hydrogen-bond acceptors (Lipinski definition) is 5. The van der Waals surface area contributed by atoms with Crippen LogP contribution in [0.1, 0.15) is 5.56 Å². The predicted octanol–water partition coefficient (Wildman–Crippen LogP) is 2.65. The third-order valence-electron chi connectivity index (χ3n) is 4.30. The summed E-state index contributed by atoms with van der Waals surface area (Å²) >= 11 is 6.07. The van der Waals surface area contributed by atoms with E-state index in [1.165, 1.54) is 17.8 Å². The van der Waals surface area contributed by atoms with Gasteiger partial charge in [0, 0.05) is 11.1 Å².